The molecule has 11 heavy (non-hydrogen) atoms. The molecule has 0 radical (unpaired) electrons. The van der Waals surface area contributed by atoms with E-state index in [2.05, 4.69) is 6.92 Å². The van der Waals surface area contributed by atoms with Gasteiger partial charge in [0.25, 0.3) is 0 Å². The lowest BCUT2D eigenvalue weighted by Crippen LogP contribution is -2.28. The van der Waals surface area contributed by atoms with Gasteiger partial charge in [-0.15, -0.1) is 0 Å². The van der Waals surface area contributed by atoms with Crippen LogP contribution < -0.4 is 5.73 Å². The molecule has 0 aromatic carbocycles. The van der Waals surface area contributed by atoms with E-state index in [9.17, 15) is 0 Å². The number of hydrogen-bond donors (Lipinski definition) is 2. The Morgan fingerprint density at radius 2 is 2.09 bits per heavy atom. The van der Waals surface area contributed by atoms with Crippen molar-refractivity contribution in [3.63, 3.8) is 0 Å². The Kier molecular flexibility index (Phi) is 7.89. The second-order valence-corrected chi connectivity index (χ2v) is 2.65. The van der Waals surface area contributed by atoms with Gasteiger partial charge >= 0.3 is 0 Å². The monoisotopic (exact) mass is 161 g/mol. The van der Waals surface area contributed by atoms with Crippen molar-refractivity contribution in [3.8, 4) is 0 Å². The van der Waals surface area contributed by atoms with E-state index in [1.165, 1.54) is 19.3 Å². The fraction of sp³-hybridized carbons (Fsp3) is 1.00. The van der Waals surface area contributed by atoms with Crippen molar-refractivity contribution in [1.82, 2.24) is 0 Å². The molecule has 0 bridgehead atoms. The summed E-state index contributed by atoms with van der Waals surface area (Å²) in [6.07, 6.45) is 4.22. The predicted molar refractivity (Wildman–Crippen MR) is 45.2 cm³/mol. The zero-order chi connectivity index (χ0) is 8.53. The first kappa shape index (κ1) is 10.9. The molecule has 0 aliphatic carbocycles. The SMILES string of the molecule is CCCCCCOC(N)CO. The molecule has 0 aromatic heterocycles. The first-order chi connectivity index (χ1) is 5.31. The molecule has 3 N–H and O–H groups in total. The molecule has 0 rings (SSSR count). The summed E-state index contributed by atoms with van der Waals surface area (Å²) < 4.78 is 5.07. The number of rotatable bonds is 7. The molecule has 3 nitrogen and oxygen atoms in total. The Morgan fingerprint density at radius 3 is 2.64 bits per heavy atom. The largest absolute Gasteiger partial charge is 0.392 e. The summed E-state index contributed by atoms with van der Waals surface area (Å²) in [7, 11) is 0. The molecule has 0 spiro atoms. The molecule has 68 valence electrons. The highest BCUT2D eigenvalue weighted by Crippen LogP contribution is 1.99. The molecule has 0 fully saturated rings. The van der Waals surface area contributed by atoms with Crippen molar-refractivity contribution in [1.29, 1.82) is 0 Å². The fourth-order valence-electron chi connectivity index (χ4n) is 0.816. The van der Waals surface area contributed by atoms with Crippen LogP contribution in [-0.2, 0) is 4.74 Å². The predicted octanol–water partition coefficient (Wildman–Crippen LogP) is 0.860. The van der Waals surface area contributed by atoms with Crippen LogP contribution in [0.25, 0.3) is 0 Å². The number of nitrogens with two attached hydrogens (primary N) is 1. The maximum Gasteiger partial charge on any atom is 0.128 e. The van der Waals surface area contributed by atoms with Crippen LogP contribution in [0.3, 0.4) is 0 Å². The molecule has 0 amide bonds. The Morgan fingerprint density at radius 1 is 1.36 bits per heavy atom. The minimum atomic E-state index is -0.489. The number of hydrogen-bond acceptors (Lipinski definition) is 3. The van der Waals surface area contributed by atoms with Gasteiger partial charge in [0.2, 0.25) is 0 Å². The summed E-state index contributed by atoms with van der Waals surface area (Å²) in [6, 6.07) is 0. The first-order valence-electron chi connectivity index (χ1n) is 4.29. The Labute approximate surface area is 68.5 Å². The third kappa shape index (κ3) is 7.78. The normalized spacial score (nSPS) is 13.4. The summed E-state index contributed by atoms with van der Waals surface area (Å²) in [5, 5.41) is 8.49. The van der Waals surface area contributed by atoms with Gasteiger partial charge < -0.3 is 15.6 Å². The van der Waals surface area contributed by atoms with Gasteiger partial charge in [-0.25, -0.2) is 0 Å². The van der Waals surface area contributed by atoms with Crippen molar-refractivity contribution in [2.45, 2.75) is 38.8 Å². The van der Waals surface area contributed by atoms with Crippen LogP contribution >= 0.6 is 0 Å². The average molecular weight is 161 g/mol. The zero-order valence-corrected chi connectivity index (χ0v) is 7.25. The van der Waals surface area contributed by atoms with Gasteiger partial charge in [-0.1, -0.05) is 26.2 Å². The molecule has 0 saturated carbocycles. The quantitative estimate of drug-likeness (QED) is 0.430. The molecule has 0 aliphatic rings. The summed E-state index contributed by atoms with van der Waals surface area (Å²) in [4.78, 5) is 0. The number of aliphatic hydroxyl groups is 1. The minimum absolute atomic E-state index is 0.0895. The molecular weight excluding hydrogens is 142 g/mol. The third-order valence-electron chi connectivity index (χ3n) is 1.51. The van der Waals surface area contributed by atoms with Crippen LogP contribution in [0, 0.1) is 0 Å². The Balaban J connectivity index is 2.89. The van der Waals surface area contributed by atoms with E-state index in [4.69, 9.17) is 15.6 Å². The fourth-order valence-corrected chi connectivity index (χ4v) is 0.816. The number of ether oxygens (including phenoxy) is 1. The van der Waals surface area contributed by atoms with Crippen molar-refractivity contribution < 1.29 is 9.84 Å². The summed E-state index contributed by atoms with van der Waals surface area (Å²) in [5.74, 6) is 0. The van der Waals surface area contributed by atoms with Gasteiger partial charge in [-0.2, -0.15) is 0 Å². The maximum atomic E-state index is 8.49. The van der Waals surface area contributed by atoms with Crippen molar-refractivity contribution in [2.24, 2.45) is 5.73 Å². The summed E-state index contributed by atoms with van der Waals surface area (Å²) >= 11 is 0. The van der Waals surface area contributed by atoms with Crippen LogP contribution in [0.2, 0.25) is 0 Å². The molecule has 1 atom stereocenters. The lowest BCUT2D eigenvalue weighted by molar-refractivity contribution is 0.0155. The Bertz CT molecular complexity index is 78.5. The van der Waals surface area contributed by atoms with E-state index >= 15 is 0 Å². The van der Waals surface area contributed by atoms with Gasteiger partial charge in [-0.3, -0.25) is 0 Å². The highest BCUT2D eigenvalue weighted by atomic mass is 16.5. The van der Waals surface area contributed by atoms with E-state index in [0.29, 0.717) is 6.61 Å². The zero-order valence-electron chi connectivity index (χ0n) is 7.25. The van der Waals surface area contributed by atoms with Crippen LogP contribution in [0.15, 0.2) is 0 Å². The molecule has 0 saturated heterocycles. The smallest absolute Gasteiger partial charge is 0.128 e. The van der Waals surface area contributed by atoms with Crippen LogP contribution in [0.4, 0.5) is 0 Å². The second-order valence-electron chi connectivity index (χ2n) is 2.65. The number of unbranched alkanes of at least 4 members (excludes halogenated alkanes) is 3. The molecule has 1 unspecified atom stereocenters. The summed E-state index contributed by atoms with van der Waals surface area (Å²) in [5.41, 5.74) is 5.32. The van der Waals surface area contributed by atoms with Gasteiger partial charge in [0, 0.05) is 6.61 Å². The van der Waals surface area contributed by atoms with Gasteiger partial charge in [0.15, 0.2) is 0 Å². The lowest BCUT2D eigenvalue weighted by Gasteiger charge is -2.08. The van der Waals surface area contributed by atoms with Crippen molar-refractivity contribution in [3.05, 3.63) is 0 Å². The second kappa shape index (κ2) is 7.98. The van der Waals surface area contributed by atoms with Crippen molar-refractivity contribution in [2.75, 3.05) is 13.2 Å². The van der Waals surface area contributed by atoms with E-state index in [-0.39, 0.29) is 6.61 Å². The average Bonchev–Trinajstić information content (AvgIpc) is 2.04. The summed E-state index contributed by atoms with van der Waals surface area (Å²) in [6.45, 7) is 2.75. The van der Waals surface area contributed by atoms with Gasteiger partial charge in [0.1, 0.15) is 6.23 Å². The van der Waals surface area contributed by atoms with Crippen molar-refractivity contribution >= 4 is 0 Å². The minimum Gasteiger partial charge on any atom is -0.392 e. The standard InChI is InChI=1S/C8H19NO2/c1-2-3-4-5-6-11-8(9)7-10/h8,10H,2-7,9H2,1H3. The molecule has 3 heteroatoms. The van der Waals surface area contributed by atoms with E-state index in [0.717, 1.165) is 6.42 Å². The van der Waals surface area contributed by atoms with Crippen LogP contribution in [-0.4, -0.2) is 24.5 Å². The van der Waals surface area contributed by atoms with E-state index in [1.807, 2.05) is 0 Å². The lowest BCUT2D eigenvalue weighted by atomic mass is 10.2. The Hall–Kier alpha value is -0.120. The van der Waals surface area contributed by atoms with E-state index in [1.54, 1.807) is 0 Å². The third-order valence-corrected chi connectivity index (χ3v) is 1.51. The number of aliphatic hydroxyl groups excluding tert-OH is 1. The highest BCUT2D eigenvalue weighted by molar-refractivity contribution is 4.44. The van der Waals surface area contributed by atoms with E-state index < -0.39 is 6.23 Å². The highest BCUT2D eigenvalue weighted by Gasteiger charge is 1.97. The van der Waals surface area contributed by atoms with Gasteiger partial charge in [-0.05, 0) is 6.42 Å². The topological polar surface area (TPSA) is 55.5 Å². The van der Waals surface area contributed by atoms with Crippen LogP contribution in [0.1, 0.15) is 32.6 Å². The van der Waals surface area contributed by atoms with Crippen LogP contribution in [0.5, 0.6) is 0 Å². The molecular formula is C8H19NO2. The maximum absolute atomic E-state index is 8.49. The first-order valence-corrected chi connectivity index (χ1v) is 4.29. The molecule has 0 aromatic rings. The molecule has 0 aliphatic heterocycles. The molecule has 0 heterocycles. The van der Waals surface area contributed by atoms with Gasteiger partial charge in [0.05, 0.1) is 6.61 Å².